The highest BCUT2D eigenvalue weighted by molar-refractivity contribution is 5.84. The molecule has 8 heteroatoms. The maximum Gasteiger partial charge on any atom is 0.318 e. The van der Waals surface area contributed by atoms with Crippen molar-refractivity contribution in [1.82, 2.24) is 15.5 Å². The van der Waals surface area contributed by atoms with Crippen molar-refractivity contribution >= 4 is 17.9 Å². The lowest BCUT2D eigenvalue weighted by Gasteiger charge is -2.32. The Balaban J connectivity index is 2.35. The Hall–Kier alpha value is -1.83. The van der Waals surface area contributed by atoms with Crippen LogP contribution in [-0.4, -0.2) is 66.3 Å². The lowest BCUT2D eigenvalue weighted by Crippen LogP contribution is -2.51. The van der Waals surface area contributed by atoms with Gasteiger partial charge in [-0.05, 0) is 13.8 Å². The van der Waals surface area contributed by atoms with E-state index in [1.54, 1.807) is 0 Å². The van der Waals surface area contributed by atoms with E-state index in [0.29, 0.717) is 13.2 Å². The van der Waals surface area contributed by atoms with Crippen LogP contribution in [0.15, 0.2) is 0 Å². The Bertz CT molecular complexity index is 372. The topological polar surface area (TPSA) is 108 Å². The Morgan fingerprint density at radius 3 is 2.70 bits per heavy atom. The van der Waals surface area contributed by atoms with Crippen LogP contribution in [0.2, 0.25) is 0 Å². The normalized spacial score (nSPS) is 18.8. The molecule has 0 aromatic rings. The van der Waals surface area contributed by atoms with Gasteiger partial charge in [0.1, 0.15) is 0 Å². The number of ether oxygens (including phenoxy) is 1. The summed E-state index contributed by atoms with van der Waals surface area (Å²) >= 11 is 0. The van der Waals surface area contributed by atoms with Crippen molar-refractivity contribution in [3.05, 3.63) is 0 Å². The Kier molecular flexibility index (Phi) is 6.23. The van der Waals surface area contributed by atoms with Gasteiger partial charge in [0.25, 0.3) is 0 Å². The molecule has 3 amide bonds. The van der Waals surface area contributed by atoms with E-state index in [1.165, 1.54) is 4.90 Å². The minimum atomic E-state index is -0.964. The lowest BCUT2D eigenvalue weighted by molar-refractivity contribution is -0.141. The van der Waals surface area contributed by atoms with E-state index in [9.17, 15) is 14.4 Å². The van der Waals surface area contributed by atoms with Gasteiger partial charge >= 0.3 is 12.0 Å². The number of urea groups is 1. The Labute approximate surface area is 117 Å². The Morgan fingerprint density at radius 2 is 2.10 bits per heavy atom. The van der Waals surface area contributed by atoms with Crippen LogP contribution in [0, 0.1) is 0 Å². The van der Waals surface area contributed by atoms with E-state index in [0.717, 1.165) is 0 Å². The van der Waals surface area contributed by atoms with Gasteiger partial charge < -0.3 is 25.4 Å². The summed E-state index contributed by atoms with van der Waals surface area (Å²) in [6.45, 7) is 4.45. The molecule has 1 rings (SSSR count). The van der Waals surface area contributed by atoms with Gasteiger partial charge in [0.05, 0.1) is 25.7 Å². The number of carboxylic acid groups (broad SMARTS) is 1. The second-order valence-electron chi connectivity index (χ2n) is 4.92. The smallest absolute Gasteiger partial charge is 0.318 e. The third kappa shape index (κ3) is 5.87. The highest BCUT2D eigenvalue weighted by Gasteiger charge is 2.26. The van der Waals surface area contributed by atoms with Crippen LogP contribution >= 0.6 is 0 Å². The average Bonchev–Trinajstić information content (AvgIpc) is 2.34. The van der Waals surface area contributed by atoms with Gasteiger partial charge in [-0.3, -0.25) is 9.59 Å². The second-order valence-corrected chi connectivity index (χ2v) is 4.92. The lowest BCUT2D eigenvalue weighted by atomic mass is 10.2. The fourth-order valence-corrected chi connectivity index (χ4v) is 1.86. The summed E-state index contributed by atoms with van der Waals surface area (Å²) in [5.41, 5.74) is 0. The SMILES string of the molecule is CC(C)NC(=O)CNC(=O)N1CCOC(CC(=O)O)C1. The molecule has 20 heavy (non-hydrogen) atoms. The van der Waals surface area contributed by atoms with Crippen molar-refractivity contribution in [3.63, 3.8) is 0 Å². The predicted molar refractivity (Wildman–Crippen MR) is 70.2 cm³/mol. The molecule has 3 N–H and O–H groups in total. The van der Waals surface area contributed by atoms with Gasteiger partial charge in [0.15, 0.2) is 0 Å². The van der Waals surface area contributed by atoms with E-state index in [-0.39, 0.29) is 37.5 Å². The summed E-state index contributed by atoms with van der Waals surface area (Å²) < 4.78 is 5.27. The molecule has 0 aromatic heterocycles. The first kappa shape index (κ1) is 16.2. The van der Waals surface area contributed by atoms with Gasteiger partial charge in [0, 0.05) is 19.1 Å². The van der Waals surface area contributed by atoms with E-state index in [1.807, 2.05) is 13.8 Å². The monoisotopic (exact) mass is 287 g/mol. The first-order valence-electron chi connectivity index (χ1n) is 6.54. The molecule has 1 fully saturated rings. The van der Waals surface area contributed by atoms with Crippen molar-refractivity contribution in [1.29, 1.82) is 0 Å². The molecule has 1 aliphatic rings. The maximum atomic E-state index is 11.9. The number of rotatable bonds is 5. The number of aliphatic carboxylic acids is 1. The molecule has 114 valence electrons. The van der Waals surface area contributed by atoms with Crippen LogP contribution in [0.25, 0.3) is 0 Å². The number of nitrogens with zero attached hydrogens (tertiary/aromatic N) is 1. The third-order valence-electron chi connectivity index (χ3n) is 2.68. The third-order valence-corrected chi connectivity index (χ3v) is 2.68. The molecule has 1 heterocycles. The highest BCUT2D eigenvalue weighted by Crippen LogP contribution is 2.08. The predicted octanol–water partition coefficient (Wildman–Crippen LogP) is -0.604. The summed E-state index contributed by atoms with van der Waals surface area (Å²) in [5.74, 6) is -1.22. The van der Waals surface area contributed by atoms with Crippen LogP contribution in [-0.2, 0) is 14.3 Å². The van der Waals surface area contributed by atoms with Crippen LogP contribution < -0.4 is 10.6 Å². The molecule has 0 bridgehead atoms. The van der Waals surface area contributed by atoms with E-state index >= 15 is 0 Å². The fourth-order valence-electron chi connectivity index (χ4n) is 1.86. The second kappa shape index (κ2) is 7.68. The van der Waals surface area contributed by atoms with E-state index in [2.05, 4.69) is 10.6 Å². The molecule has 0 radical (unpaired) electrons. The molecule has 0 aliphatic carbocycles. The van der Waals surface area contributed by atoms with Gasteiger partial charge in [-0.15, -0.1) is 0 Å². The zero-order valence-electron chi connectivity index (χ0n) is 11.7. The first-order chi connectivity index (χ1) is 9.38. The largest absolute Gasteiger partial charge is 0.481 e. The molecule has 0 saturated carbocycles. The van der Waals surface area contributed by atoms with Gasteiger partial charge in [-0.25, -0.2) is 4.79 Å². The molecule has 1 saturated heterocycles. The molecule has 1 unspecified atom stereocenters. The fraction of sp³-hybridized carbons (Fsp3) is 0.750. The summed E-state index contributed by atoms with van der Waals surface area (Å²) in [6, 6.07) is -0.370. The molecule has 0 aromatic carbocycles. The first-order valence-corrected chi connectivity index (χ1v) is 6.54. The molecule has 0 spiro atoms. The summed E-state index contributed by atoms with van der Waals surface area (Å²) in [7, 11) is 0. The zero-order valence-corrected chi connectivity index (χ0v) is 11.7. The van der Waals surface area contributed by atoms with E-state index < -0.39 is 12.1 Å². The number of morpholine rings is 1. The zero-order chi connectivity index (χ0) is 15.1. The van der Waals surface area contributed by atoms with Gasteiger partial charge in [-0.2, -0.15) is 0 Å². The van der Waals surface area contributed by atoms with Crippen LogP contribution in [0.5, 0.6) is 0 Å². The molecular weight excluding hydrogens is 266 g/mol. The van der Waals surface area contributed by atoms with Crippen molar-refractivity contribution in [2.24, 2.45) is 0 Å². The number of carbonyl (C=O) groups is 3. The number of carboxylic acids is 1. The molecule has 1 aliphatic heterocycles. The van der Waals surface area contributed by atoms with Crippen molar-refractivity contribution in [2.45, 2.75) is 32.4 Å². The number of nitrogens with one attached hydrogen (secondary N) is 2. The van der Waals surface area contributed by atoms with Crippen molar-refractivity contribution < 1.29 is 24.2 Å². The average molecular weight is 287 g/mol. The van der Waals surface area contributed by atoms with Gasteiger partial charge in [-0.1, -0.05) is 0 Å². The van der Waals surface area contributed by atoms with E-state index in [4.69, 9.17) is 9.84 Å². The van der Waals surface area contributed by atoms with Crippen LogP contribution in [0.1, 0.15) is 20.3 Å². The highest BCUT2D eigenvalue weighted by atomic mass is 16.5. The quantitative estimate of drug-likeness (QED) is 0.625. The summed E-state index contributed by atoms with van der Waals surface area (Å²) in [4.78, 5) is 35.3. The Morgan fingerprint density at radius 1 is 1.40 bits per heavy atom. The standard InChI is InChI=1S/C12H21N3O5/c1-8(2)14-10(16)6-13-12(19)15-3-4-20-9(7-15)5-11(17)18/h8-9H,3-7H2,1-2H3,(H,13,19)(H,14,16)(H,17,18). The van der Waals surface area contributed by atoms with Gasteiger partial charge in [0.2, 0.25) is 5.91 Å². The summed E-state index contributed by atoms with van der Waals surface area (Å²) in [6.07, 6.45) is -0.645. The number of amides is 3. The number of hydrogen-bond acceptors (Lipinski definition) is 4. The number of hydrogen-bond donors (Lipinski definition) is 3. The van der Waals surface area contributed by atoms with Crippen molar-refractivity contribution in [2.75, 3.05) is 26.2 Å². The minimum absolute atomic E-state index is 0.0164. The molecule has 1 atom stereocenters. The number of carbonyl (C=O) groups excluding carboxylic acids is 2. The minimum Gasteiger partial charge on any atom is -0.481 e. The maximum absolute atomic E-state index is 11.9. The van der Waals surface area contributed by atoms with Crippen LogP contribution in [0.4, 0.5) is 4.79 Å². The molecule has 8 nitrogen and oxygen atoms in total. The van der Waals surface area contributed by atoms with Crippen molar-refractivity contribution in [3.8, 4) is 0 Å². The summed E-state index contributed by atoms with van der Waals surface area (Å²) in [5, 5.41) is 13.9. The van der Waals surface area contributed by atoms with Crippen LogP contribution in [0.3, 0.4) is 0 Å². The molecular formula is C12H21N3O5.